The fourth-order valence-corrected chi connectivity index (χ4v) is 3.38. The Bertz CT molecular complexity index is 1190. The molecule has 0 bridgehead atoms. The molecule has 1 aromatic carbocycles. The number of nitrogen functional groups attached to an aromatic ring is 1. The van der Waals surface area contributed by atoms with E-state index in [1.54, 1.807) is 26.5 Å². The molecule has 0 radical (unpaired) electrons. The molecule has 8 heteroatoms. The number of benzene rings is 1. The van der Waals surface area contributed by atoms with Crippen molar-refractivity contribution in [3.05, 3.63) is 47.4 Å². The number of rotatable bonds is 6. The van der Waals surface area contributed by atoms with Gasteiger partial charge < -0.3 is 20.2 Å². The number of aldehydes is 1. The first-order valence-corrected chi connectivity index (χ1v) is 9.88. The number of carbonyl (C=O) groups excluding carboxylic acids is 1. The van der Waals surface area contributed by atoms with Gasteiger partial charge in [0.2, 0.25) is 0 Å². The lowest BCUT2D eigenvalue weighted by molar-refractivity contribution is -0.104. The molecular formula is C23H23N5O3. The summed E-state index contributed by atoms with van der Waals surface area (Å²) in [6.45, 7) is 2.63. The van der Waals surface area contributed by atoms with Crippen molar-refractivity contribution in [2.75, 3.05) is 39.6 Å². The molecule has 1 aliphatic rings. The van der Waals surface area contributed by atoms with Gasteiger partial charge in [0.15, 0.2) is 5.82 Å². The molecule has 0 aliphatic carbocycles. The summed E-state index contributed by atoms with van der Waals surface area (Å²) < 4.78 is 10.6. The molecule has 0 atom stereocenters. The fourth-order valence-electron chi connectivity index (χ4n) is 3.38. The highest BCUT2D eigenvalue weighted by atomic mass is 16.5. The molecule has 158 valence electrons. The molecule has 0 unspecified atom stereocenters. The second-order valence-corrected chi connectivity index (χ2v) is 7.17. The van der Waals surface area contributed by atoms with Crippen LogP contribution in [0.5, 0.6) is 11.5 Å². The first-order valence-electron chi connectivity index (χ1n) is 9.88. The summed E-state index contributed by atoms with van der Waals surface area (Å²) in [7, 11) is 3.19. The number of anilines is 1. The van der Waals surface area contributed by atoms with Gasteiger partial charge in [-0.25, -0.2) is 9.97 Å². The molecule has 0 saturated carbocycles. The van der Waals surface area contributed by atoms with Gasteiger partial charge in [-0.3, -0.25) is 9.69 Å². The van der Waals surface area contributed by atoms with Gasteiger partial charge in [-0.2, -0.15) is 0 Å². The van der Waals surface area contributed by atoms with Crippen LogP contribution in [0.15, 0.2) is 30.5 Å². The third kappa shape index (κ3) is 4.37. The minimum Gasteiger partial charge on any atom is -0.497 e. The highest BCUT2D eigenvalue weighted by Gasteiger charge is 2.19. The molecule has 1 aliphatic heterocycles. The second kappa shape index (κ2) is 8.90. The molecule has 1 saturated heterocycles. The lowest BCUT2D eigenvalue weighted by Crippen LogP contribution is -2.38. The maximum atomic E-state index is 11.1. The van der Waals surface area contributed by atoms with Gasteiger partial charge >= 0.3 is 0 Å². The second-order valence-electron chi connectivity index (χ2n) is 7.17. The average molecular weight is 417 g/mol. The van der Waals surface area contributed by atoms with Gasteiger partial charge in [0.25, 0.3) is 0 Å². The summed E-state index contributed by atoms with van der Waals surface area (Å²) in [6, 6.07) is 5.44. The smallest absolute Gasteiger partial charge is 0.161 e. The Kier molecular flexibility index (Phi) is 5.87. The van der Waals surface area contributed by atoms with Gasteiger partial charge in [0, 0.05) is 29.9 Å². The van der Waals surface area contributed by atoms with Crippen molar-refractivity contribution in [2.45, 2.75) is 6.42 Å². The zero-order valence-electron chi connectivity index (χ0n) is 17.4. The predicted molar refractivity (Wildman–Crippen MR) is 119 cm³/mol. The topological polar surface area (TPSA) is 106 Å². The van der Waals surface area contributed by atoms with Crippen molar-refractivity contribution in [1.29, 1.82) is 0 Å². The minimum atomic E-state index is 0.314. The number of nitrogens with zero attached hydrogens (tertiary/aromatic N) is 3. The van der Waals surface area contributed by atoms with Crippen LogP contribution in [0.2, 0.25) is 0 Å². The Morgan fingerprint density at radius 1 is 1.19 bits per heavy atom. The summed E-state index contributed by atoms with van der Waals surface area (Å²) >= 11 is 0. The van der Waals surface area contributed by atoms with Gasteiger partial charge in [-0.05, 0) is 37.7 Å². The van der Waals surface area contributed by atoms with E-state index in [1.807, 2.05) is 12.1 Å². The molecule has 8 nitrogen and oxygen atoms in total. The molecule has 3 aromatic rings. The van der Waals surface area contributed by atoms with E-state index in [1.165, 1.54) is 6.08 Å². The molecule has 3 heterocycles. The zero-order chi connectivity index (χ0) is 21.8. The van der Waals surface area contributed by atoms with Gasteiger partial charge in [-0.15, -0.1) is 0 Å². The van der Waals surface area contributed by atoms with E-state index < -0.39 is 0 Å². The maximum absolute atomic E-state index is 11.1. The van der Waals surface area contributed by atoms with Crippen LogP contribution in [-0.4, -0.2) is 60.0 Å². The van der Waals surface area contributed by atoms with Crippen molar-refractivity contribution in [1.82, 2.24) is 19.9 Å². The lowest BCUT2D eigenvalue weighted by Gasteiger charge is -2.31. The highest BCUT2D eigenvalue weighted by Crippen LogP contribution is 2.25. The number of methoxy groups -OCH3 is 2. The number of aromatic nitrogens is 3. The number of aromatic amines is 1. The number of H-pyrrole nitrogens is 1. The molecule has 4 rings (SSSR count). The number of hydrogen-bond donors (Lipinski definition) is 2. The predicted octanol–water partition coefficient (Wildman–Crippen LogP) is 2.25. The lowest BCUT2D eigenvalue weighted by atomic mass is 10.1. The van der Waals surface area contributed by atoms with E-state index in [4.69, 9.17) is 15.2 Å². The monoisotopic (exact) mass is 417 g/mol. The average Bonchev–Trinajstić information content (AvgIpc) is 3.17. The Hall–Kier alpha value is -3.83. The first-order chi connectivity index (χ1) is 15.1. The van der Waals surface area contributed by atoms with Crippen LogP contribution >= 0.6 is 0 Å². The summed E-state index contributed by atoms with van der Waals surface area (Å²) in [5, 5.41) is 0.653. The molecule has 0 amide bonds. The van der Waals surface area contributed by atoms with Crippen LogP contribution < -0.4 is 15.2 Å². The number of fused-ring (bicyclic) bond motifs is 1. The summed E-state index contributed by atoms with van der Waals surface area (Å²) in [4.78, 5) is 25.5. The van der Waals surface area contributed by atoms with Crippen LogP contribution in [0, 0.1) is 11.8 Å². The fraction of sp³-hybridized carbons (Fsp3) is 0.261. The highest BCUT2D eigenvalue weighted by molar-refractivity contribution is 5.93. The van der Waals surface area contributed by atoms with E-state index in [0.29, 0.717) is 46.3 Å². The molecule has 3 N–H and O–H groups in total. The van der Waals surface area contributed by atoms with E-state index >= 15 is 0 Å². The van der Waals surface area contributed by atoms with Crippen molar-refractivity contribution < 1.29 is 14.3 Å². The Morgan fingerprint density at radius 3 is 2.55 bits per heavy atom. The van der Waals surface area contributed by atoms with Gasteiger partial charge in [-0.1, -0.05) is 11.8 Å². The number of likely N-dealkylation sites (tertiary alicyclic amines) is 1. The molecular weight excluding hydrogens is 394 g/mol. The standard InChI is InChI=1S/C23H23N5O3/c1-30-18-10-15(11-19(12-18)31-2)4-5-16-13-25-23-20(16)21(24)26-22(27-23)17(6-9-29)14-28-7-3-8-28/h6,9-13H,3,7-8,14H2,1-2H3,(H3,24,25,26,27). The van der Waals surface area contributed by atoms with Crippen molar-refractivity contribution in [3.8, 4) is 23.3 Å². The molecule has 1 fully saturated rings. The van der Waals surface area contributed by atoms with Crippen LogP contribution in [0.3, 0.4) is 0 Å². The van der Waals surface area contributed by atoms with E-state index in [-0.39, 0.29) is 0 Å². The minimum absolute atomic E-state index is 0.314. The maximum Gasteiger partial charge on any atom is 0.161 e. The third-order valence-electron chi connectivity index (χ3n) is 5.15. The first kappa shape index (κ1) is 20.4. The third-order valence-corrected chi connectivity index (χ3v) is 5.15. The number of nitrogens with two attached hydrogens (primary N) is 1. The van der Waals surface area contributed by atoms with E-state index in [2.05, 4.69) is 31.7 Å². The number of nitrogens with one attached hydrogen (secondary N) is 1. The largest absolute Gasteiger partial charge is 0.497 e. The quantitative estimate of drug-likeness (QED) is 0.360. The number of carbonyl (C=O) groups is 1. The van der Waals surface area contributed by atoms with Crippen LogP contribution in [-0.2, 0) is 4.79 Å². The van der Waals surface area contributed by atoms with Gasteiger partial charge in [0.1, 0.15) is 29.3 Å². The zero-order valence-corrected chi connectivity index (χ0v) is 17.4. The summed E-state index contributed by atoms with van der Waals surface area (Å²) in [6.07, 6.45) is 5.17. The van der Waals surface area contributed by atoms with Crippen molar-refractivity contribution in [2.24, 2.45) is 0 Å². The van der Waals surface area contributed by atoms with Crippen LogP contribution in [0.25, 0.3) is 16.6 Å². The normalized spacial score (nSPS) is 13.9. The number of ether oxygens (including phenoxy) is 2. The Morgan fingerprint density at radius 2 is 1.94 bits per heavy atom. The SMILES string of the molecule is COc1cc(C#Cc2c[nH]c3nc(C(=CC=O)CN4CCC4)nc(N)c23)cc(OC)c1. The van der Waals surface area contributed by atoms with Crippen LogP contribution in [0.1, 0.15) is 23.4 Å². The summed E-state index contributed by atoms with van der Waals surface area (Å²) in [5.74, 6) is 8.31. The van der Waals surface area contributed by atoms with Crippen molar-refractivity contribution in [3.63, 3.8) is 0 Å². The molecule has 0 spiro atoms. The van der Waals surface area contributed by atoms with E-state index in [9.17, 15) is 4.79 Å². The van der Waals surface area contributed by atoms with E-state index in [0.717, 1.165) is 36.9 Å². The Balaban J connectivity index is 1.68. The van der Waals surface area contributed by atoms with Crippen molar-refractivity contribution >= 4 is 28.7 Å². The van der Waals surface area contributed by atoms with Gasteiger partial charge in [0.05, 0.1) is 25.2 Å². The molecule has 2 aromatic heterocycles. The number of allylic oxidation sites excluding steroid dienone is 1. The molecule has 31 heavy (non-hydrogen) atoms. The van der Waals surface area contributed by atoms with Crippen LogP contribution in [0.4, 0.5) is 5.82 Å². The number of hydrogen-bond acceptors (Lipinski definition) is 7. The summed E-state index contributed by atoms with van der Waals surface area (Å²) in [5.41, 5.74) is 9.02. The Labute approximate surface area is 180 Å².